The second kappa shape index (κ2) is 10.0. The highest BCUT2D eigenvalue weighted by atomic mass is 32.1. The lowest BCUT2D eigenvalue weighted by atomic mass is 9.91. The summed E-state index contributed by atoms with van der Waals surface area (Å²) < 4.78 is 1.37. The molecule has 0 bridgehead atoms. The number of aromatic amines is 1. The number of carbonyl (C=O) groups excluding carboxylic acids is 1. The molecule has 0 spiro atoms. The molecule has 180 valence electrons. The van der Waals surface area contributed by atoms with Crippen LogP contribution in [0.25, 0.3) is 10.4 Å². The van der Waals surface area contributed by atoms with E-state index in [1.807, 2.05) is 25.1 Å². The highest BCUT2D eigenvalue weighted by Crippen LogP contribution is 2.40. The van der Waals surface area contributed by atoms with Gasteiger partial charge in [-0.15, -0.1) is 11.3 Å². The van der Waals surface area contributed by atoms with Crippen molar-refractivity contribution in [2.45, 2.75) is 59.4 Å². The Balaban J connectivity index is 1.78. The van der Waals surface area contributed by atoms with Crippen LogP contribution in [0.1, 0.15) is 60.8 Å². The fourth-order valence-electron chi connectivity index (χ4n) is 4.39. The standard InChI is InChI=1S/C26H32N4O3S/c1-4-5-13-30-23(27)21(24(31)28-26(30)33)29(14-12-16(2)3)25(32)20-15-18-11-10-17-8-6-7-9-19(17)22(18)34-20/h6-9,15-16H,4-5,10-14,27H2,1-3H3,(H,28,31,33). The Bertz CT molecular complexity index is 1320. The van der Waals surface area contributed by atoms with Gasteiger partial charge < -0.3 is 5.73 Å². The maximum atomic E-state index is 13.8. The summed E-state index contributed by atoms with van der Waals surface area (Å²) >= 11 is 1.46. The summed E-state index contributed by atoms with van der Waals surface area (Å²) in [7, 11) is 0. The first-order chi connectivity index (χ1) is 16.3. The molecule has 0 unspecified atom stereocenters. The van der Waals surface area contributed by atoms with E-state index in [1.165, 1.54) is 31.9 Å². The van der Waals surface area contributed by atoms with E-state index in [1.54, 1.807) is 0 Å². The molecule has 4 rings (SSSR count). The third kappa shape index (κ3) is 4.59. The van der Waals surface area contributed by atoms with Gasteiger partial charge in [-0.1, -0.05) is 51.5 Å². The van der Waals surface area contributed by atoms with Gasteiger partial charge in [0, 0.05) is 18.0 Å². The molecular formula is C26H32N4O3S. The fourth-order valence-corrected chi connectivity index (χ4v) is 5.61. The molecule has 0 saturated carbocycles. The second-order valence-corrected chi connectivity index (χ2v) is 10.3. The lowest BCUT2D eigenvalue weighted by molar-refractivity contribution is 0.0989. The van der Waals surface area contributed by atoms with Gasteiger partial charge in [-0.2, -0.15) is 0 Å². The number of nitrogens with zero attached hydrogens (tertiary/aromatic N) is 2. The van der Waals surface area contributed by atoms with Gasteiger partial charge in [-0.25, -0.2) is 4.79 Å². The van der Waals surface area contributed by atoms with E-state index in [0.717, 1.165) is 36.1 Å². The number of nitrogens with one attached hydrogen (secondary N) is 1. The minimum Gasteiger partial charge on any atom is -0.383 e. The Morgan fingerprint density at radius 2 is 1.94 bits per heavy atom. The molecule has 1 aliphatic rings. The molecule has 0 aliphatic heterocycles. The summed E-state index contributed by atoms with van der Waals surface area (Å²) in [6, 6.07) is 10.2. The summed E-state index contributed by atoms with van der Waals surface area (Å²) in [5.41, 5.74) is 8.88. The number of rotatable bonds is 8. The van der Waals surface area contributed by atoms with Crippen LogP contribution in [0.5, 0.6) is 0 Å². The van der Waals surface area contributed by atoms with E-state index in [0.29, 0.717) is 30.3 Å². The molecule has 0 radical (unpaired) electrons. The lowest BCUT2D eigenvalue weighted by Crippen LogP contribution is -2.41. The van der Waals surface area contributed by atoms with Gasteiger partial charge in [0.05, 0.1) is 4.88 Å². The van der Waals surface area contributed by atoms with Crippen molar-refractivity contribution in [2.75, 3.05) is 17.2 Å². The lowest BCUT2D eigenvalue weighted by Gasteiger charge is -2.25. The van der Waals surface area contributed by atoms with Crippen molar-refractivity contribution in [1.82, 2.24) is 9.55 Å². The van der Waals surface area contributed by atoms with Gasteiger partial charge in [0.25, 0.3) is 11.5 Å². The van der Waals surface area contributed by atoms with E-state index < -0.39 is 11.2 Å². The molecule has 7 nitrogen and oxygen atoms in total. The fraction of sp³-hybridized carbons (Fsp3) is 0.423. The van der Waals surface area contributed by atoms with Gasteiger partial charge in [0.15, 0.2) is 5.69 Å². The first-order valence-corrected chi connectivity index (χ1v) is 12.8. The predicted octanol–water partition coefficient (Wildman–Crippen LogP) is 4.44. The van der Waals surface area contributed by atoms with Crippen molar-refractivity contribution in [2.24, 2.45) is 5.92 Å². The number of aromatic nitrogens is 2. The summed E-state index contributed by atoms with van der Waals surface area (Å²) in [6.45, 7) is 6.89. The Kier molecular flexibility index (Phi) is 7.07. The largest absolute Gasteiger partial charge is 0.383 e. The van der Waals surface area contributed by atoms with E-state index in [2.05, 4.69) is 31.0 Å². The predicted molar refractivity (Wildman–Crippen MR) is 139 cm³/mol. The summed E-state index contributed by atoms with van der Waals surface area (Å²) in [6.07, 6.45) is 4.14. The highest BCUT2D eigenvalue weighted by Gasteiger charge is 2.28. The van der Waals surface area contributed by atoms with Gasteiger partial charge in [-0.3, -0.25) is 24.0 Å². The SMILES string of the molecule is CCCCn1c(N)c(N(CCC(C)C)C(=O)c2cc3c(s2)-c2ccccc2CC3)c(=O)[nH]c1=O. The van der Waals surface area contributed by atoms with Crippen LogP contribution in [0.4, 0.5) is 11.5 Å². The number of unbranched alkanes of at least 4 members (excludes halogenated alkanes) is 1. The molecule has 2 heterocycles. The third-order valence-corrected chi connectivity index (χ3v) is 7.54. The number of anilines is 2. The molecule has 3 aromatic rings. The minimum absolute atomic E-state index is 0.0472. The molecular weight excluding hydrogens is 448 g/mol. The van der Waals surface area contributed by atoms with Gasteiger partial charge in [0.1, 0.15) is 5.82 Å². The second-order valence-electron chi connectivity index (χ2n) is 9.26. The van der Waals surface area contributed by atoms with Crippen LogP contribution in [0.3, 0.4) is 0 Å². The number of H-pyrrole nitrogens is 1. The van der Waals surface area contributed by atoms with E-state index in [-0.39, 0.29) is 17.4 Å². The Morgan fingerprint density at radius 1 is 1.21 bits per heavy atom. The number of fused-ring (bicyclic) bond motifs is 3. The van der Waals surface area contributed by atoms with Crippen LogP contribution < -0.4 is 21.9 Å². The van der Waals surface area contributed by atoms with Gasteiger partial charge >= 0.3 is 5.69 Å². The maximum absolute atomic E-state index is 13.8. The Labute approximate surface area is 203 Å². The zero-order valence-electron chi connectivity index (χ0n) is 20.0. The number of nitrogens with two attached hydrogens (primary N) is 1. The van der Waals surface area contributed by atoms with Crippen molar-refractivity contribution in [3.8, 4) is 10.4 Å². The van der Waals surface area contributed by atoms with Crippen molar-refractivity contribution in [3.63, 3.8) is 0 Å². The minimum atomic E-state index is -0.626. The molecule has 1 aliphatic carbocycles. The third-order valence-electron chi connectivity index (χ3n) is 6.34. The maximum Gasteiger partial charge on any atom is 0.330 e. The number of amides is 1. The molecule has 3 N–H and O–H groups in total. The van der Waals surface area contributed by atoms with Crippen LogP contribution in [-0.4, -0.2) is 22.0 Å². The topological polar surface area (TPSA) is 101 Å². The van der Waals surface area contributed by atoms with Crippen LogP contribution in [0, 0.1) is 5.92 Å². The number of thiophene rings is 1. The molecule has 2 aromatic heterocycles. The smallest absolute Gasteiger partial charge is 0.330 e. The summed E-state index contributed by atoms with van der Waals surface area (Å²) in [5, 5.41) is 0. The molecule has 0 atom stereocenters. The van der Waals surface area contributed by atoms with E-state index >= 15 is 0 Å². The monoisotopic (exact) mass is 480 g/mol. The van der Waals surface area contributed by atoms with Crippen LogP contribution >= 0.6 is 11.3 Å². The molecule has 34 heavy (non-hydrogen) atoms. The quantitative estimate of drug-likeness (QED) is 0.498. The van der Waals surface area contributed by atoms with Gasteiger partial charge in [0.2, 0.25) is 0 Å². The van der Waals surface area contributed by atoms with Crippen molar-refractivity contribution < 1.29 is 4.79 Å². The Hall–Kier alpha value is -3.13. The number of hydrogen-bond donors (Lipinski definition) is 2. The summed E-state index contributed by atoms with van der Waals surface area (Å²) in [4.78, 5) is 44.7. The van der Waals surface area contributed by atoms with Crippen LogP contribution in [0.2, 0.25) is 0 Å². The number of nitrogen functional groups attached to an aromatic ring is 1. The molecule has 1 amide bonds. The van der Waals surface area contributed by atoms with Crippen LogP contribution in [0.15, 0.2) is 39.9 Å². The average molecular weight is 481 g/mol. The first kappa shape index (κ1) is 24.0. The van der Waals surface area contributed by atoms with Crippen molar-refractivity contribution >= 4 is 28.7 Å². The number of aryl methyl sites for hydroxylation is 2. The highest BCUT2D eigenvalue weighted by molar-refractivity contribution is 7.17. The normalized spacial score (nSPS) is 12.5. The number of carbonyl (C=O) groups is 1. The van der Waals surface area contributed by atoms with Gasteiger partial charge in [-0.05, 0) is 54.4 Å². The summed E-state index contributed by atoms with van der Waals surface area (Å²) in [5.74, 6) is 0.117. The number of benzene rings is 1. The molecule has 8 heteroatoms. The average Bonchev–Trinajstić information content (AvgIpc) is 3.25. The first-order valence-electron chi connectivity index (χ1n) is 12.0. The number of hydrogen-bond acceptors (Lipinski definition) is 5. The zero-order chi connectivity index (χ0) is 24.4. The molecule has 0 saturated heterocycles. The van der Waals surface area contributed by atoms with Crippen molar-refractivity contribution in [1.29, 1.82) is 0 Å². The van der Waals surface area contributed by atoms with E-state index in [4.69, 9.17) is 5.73 Å². The van der Waals surface area contributed by atoms with Crippen LogP contribution in [-0.2, 0) is 19.4 Å². The zero-order valence-corrected chi connectivity index (χ0v) is 20.8. The van der Waals surface area contributed by atoms with E-state index in [9.17, 15) is 14.4 Å². The molecule has 1 aromatic carbocycles. The Morgan fingerprint density at radius 3 is 2.68 bits per heavy atom. The molecule has 0 fully saturated rings. The van der Waals surface area contributed by atoms with Crippen molar-refractivity contribution in [3.05, 3.63) is 67.2 Å².